The molecule has 1 rings (SSSR count). The van der Waals surface area contributed by atoms with E-state index in [1.54, 1.807) is 0 Å². The highest BCUT2D eigenvalue weighted by Gasteiger charge is 2.32. The van der Waals surface area contributed by atoms with E-state index in [2.05, 4.69) is 4.98 Å². The van der Waals surface area contributed by atoms with Crippen LogP contribution in [0.15, 0.2) is 6.20 Å². The van der Waals surface area contributed by atoms with E-state index in [0.717, 1.165) is 0 Å². The van der Waals surface area contributed by atoms with Crippen molar-refractivity contribution in [2.45, 2.75) is 6.43 Å². The minimum atomic E-state index is -3.34. The van der Waals surface area contributed by atoms with E-state index in [4.69, 9.17) is 10.8 Å². The lowest BCUT2D eigenvalue weighted by molar-refractivity contribution is -0.385. The van der Waals surface area contributed by atoms with Crippen molar-refractivity contribution in [3.05, 3.63) is 27.6 Å². The van der Waals surface area contributed by atoms with E-state index < -0.39 is 40.0 Å². The van der Waals surface area contributed by atoms with Crippen molar-refractivity contribution in [1.82, 2.24) is 4.98 Å². The quantitative estimate of drug-likeness (QED) is 0.598. The molecule has 9 heteroatoms. The second kappa shape index (κ2) is 4.04. The molecule has 0 fully saturated rings. The predicted octanol–water partition coefficient (Wildman–Crippen LogP) is 1.21. The highest BCUT2D eigenvalue weighted by molar-refractivity contribution is 5.89. The van der Waals surface area contributed by atoms with Gasteiger partial charge in [0.1, 0.15) is 11.3 Å². The molecule has 0 unspecified atom stereocenters. The number of alkyl halides is 2. The van der Waals surface area contributed by atoms with Gasteiger partial charge in [-0.05, 0) is 0 Å². The summed E-state index contributed by atoms with van der Waals surface area (Å²) in [5, 5.41) is 19.0. The van der Waals surface area contributed by atoms with Gasteiger partial charge < -0.3 is 10.8 Å². The largest absolute Gasteiger partial charge is 0.476 e. The average Bonchev–Trinajstić information content (AvgIpc) is 2.15. The third-order valence-electron chi connectivity index (χ3n) is 1.72. The van der Waals surface area contributed by atoms with Crippen LogP contribution < -0.4 is 5.73 Å². The Hall–Kier alpha value is -2.32. The van der Waals surface area contributed by atoms with Crippen LogP contribution in [0, 0.1) is 10.1 Å². The first-order valence-corrected chi connectivity index (χ1v) is 3.80. The number of nitrogens with two attached hydrogens (primary N) is 1. The number of halogens is 2. The molecular formula is C7H5F2N3O4. The summed E-state index contributed by atoms with van der Waals surface area (Å²) < 4.78 is 25.1. The van der Waals surface area contributed by atoms with Crippen molar-refractivity contribution in [1.29, 1.82) is 0 Å². The topological polar surface area (TPSA) is 119 Å². The van der Waals surface area contributed by atoms with Crippen molar-refractivity contribution in [2.24, 2.45) is 0 Å². The van der Waals surface area contributed by atoms with Gasteiger partial charge in [-0.3, -0.25) is 10.1 Å². The Labute approximate surface area is 86.7 Å². The molecule has 0 aliphatic heterocycles. The van der Waals surface area contributed by atoms with Gasteiger partial charge in [-0.15, -0.1) is 0 Å². The van der Waals surface area contributed by atoms with Crippen LogP contribution in [-0.4, -0.2) is 21.0 Å². The summed E-state index contributed by atoms with van der Waals surface area (Å²) in [7, 11) is 0. The smallest absolute Gasteiger partial charge is 0.355 e. The van der Waals surface area contributed by atoms with Crippen LogP contribution in [0.1, 0.15) is 22.5 Å². The van der Waals surface area contributed by atoms with E-state index in [1.807, 2.05) is 0 Å². The van der Waals surface area contributed by atoms with Gasteiger partial charge >= 0.3 is 11.7 Å². The Balaban J connectivity index is 3.63. The molecule has 0 aromatic carbocycles. The van der Waals surface area contributed by atoms with Gasteiger partial charge in [-0.25, -0.2) is 18.6 Å². The summed E-state index contributed by atoms with van der Waals surface area (Å²) in [4.78, 5) is 23.0. The van der Waals surface area contributed by atoms with Gasteiger partial charge in [0.25, 0.3) is 6.43 Å². The molecule has 0 bridgehead atoms. The molecule has 1 aromatic heterocycles. The lowest BCUT2D eigenvalue weighted by Crippen LogP contribution is -2.11. The van der Waals surface area contributed by atoms with Gasteiger partial charge in [0, 0.05) is 0 Å². The molecule has 1 aromatic rings. The molecule has 16 heavy (non-hydrogen) atoms. The molecule has 0 aliphatic rings. The van der Waals surface area contributed by atoms with Gasteiger partial charge in [0.2, 0.25) is 0 Å². The van der Waals surface area contributed by atoms with E-state index in [0.29, 0.717) is 6.20 Å². The number of pyridine rings is 1. The molecule has 0 amide bonds. The number of carboxylic acids is 1. The predicted molar refractivity (Wildman–Crippen MR) is 47.2 cm³/mol. The molecule has 3 N–H and O–H groups in total. The lowest BCUT2D eigenvalue weighted by Gasteiger charge is -2.06. The molecular weight excluding hydrogens is 228 g/mol. The molecule has 0 atom stereocenters. The number of hydrogen-bond acceptors (Lipinski definition) is 5. The van der Waals surface area contributed by atoms with Gasteiger partial charge in [-0.2, -0.15) is 0 Å². The van der Waals surface area contributed by atoms with Crippen molar-refractivity contribution >= 4 is 17.3 Å². The number of nitrogen functional groups attached to an aromatic ring is 1. The number of carboxylic acid groups (broad SMARTS) is 1. The van der Waals surface area contributed by atoms with Gasteiger partial charge in [-0.1, -0.05) is 0 Å². The van der Waals surface area contributed by atoms with Crippen LogP contribution >= 0.6 is 0 Å². The summed E-state index contributed by atoms with van der Waals surface area (Å²) in [6.07, 6.45) is -2.68. The zero-order valence-corrected chi connectivity index (χ0v) is 7.55. The number of nitrogens with zero attached hydrogens (tertiary/aromatic N) is 2. The molecule has 86 valence electrons. The molecule has 0 spiro atoms. The number of nitro groups is 1. The Morgan fingerprint density at radius 1 is 1.62 bits per heavy atom. The number of rotatable bonds is 3. The van der Waals surface area contributed by atoms with Gasteiger partial charge in [0.15, 0.2) is 5.69 Å². The van der Waals surface area contributed by atoms with Crippen LogP contribution in [0.3, 0.4) is 0 Å². The summed E-state index contributed by atoms with van der Waals surface area (Å²) >= 11 is 0. The average molecular weight is 233 g/mol. The second-order valence-electron chi connectivity index (χ2n) is 2.69. The third kappa shape index (κ3) is 1.87. The number of hydrogen-bond donors (Lipinski definition) is 2. The molecule has 0 aliphatic carbocycles. The molecule has 0 saturated heterocycles. The highest BCUT2D eigenvalue weighted by Crippen LogP contribution is 2.35. The van der Waals surface area contributed by atoms with E-state index in [1.165, 1.54) is 0 Å². The van der Waals surface area contributed by atoms with E-state index in [9.17, 15) is 23.7 Å². The summed E-state index contributed by atoms with van der Waals surface area (Å²) in [6.45, 7) is 0. The number of aromatic nitrogens is 1. The Morgan fingerprint density at radius 2 is 2.19 bits per heavy atom. The van der Waals surface area contributed by atoms with Crippen LogP contribution in [-0.2, 0) is 0 Å². The van der Waals surface area contributed by atoms with Crippen LogP contribution in [0.5, 0.6) is 0 Å². The first kappa shape index (κ1) is 11.8. The maximum Gasteiger partial charge on any atom is 0.355 e. The van der Waals surface area contributed by atoms with Crippen LogP contribution in [0.2, 0.25) is 0 Å². The first-order chi connectivity index (χ1) is 7.36. The Morgan fingerprint density at radius 3 is 2.56 bits per heavy atom. The highest BCUT2D eigenvalue weighted by atomic mass is 19.3. The number of carbonyl (C=O) groups is 1. The van der Waals surface area contributed by atoms with E-state index >= 15 is 0 Å². The third-order valence-corrected chi connectivity index (χ3v) is 1.72. The minimum Gasteiger partial charge on any atom is -0.476 e. The zero-order valence-electron chi connectivity index (χ0n) is 7.55. The summed E-state index contributed by atoms with van der Waals surface area (Å²) in [5.41, 5.74) is 1.02. The monoisotopic (exact) mass is 233 g/mol. The summed E-state index contributed by atoms with van der Waals surface area (Å²) in [5.74, 6) is -1.78. The van der Waals surface area contributed by atoms with Crippen molar-refractivity contribution in [3.8, 4) is 0 Å². The normalized spacial score (nSPS) is 10.4. The van der Waals surface area contributed by atoms with E-state index in [-0.39, 0.29) is 0 Å². The fraction of sp³-hybridized carbons (Fsp3) is 0.143. The zero-order chi connectivity index (χ0) is 12.5. The fourth-order valence-corrected chi connectivity index (χ4v) is 1.11. The lowest BCUT2D eigenvalue weighted by atomic mass is 10.1. The Kier molecular flexibility index (Phi) is 2.97. The fourth-order valence-electron chi connectivity index (χ4n) is 1.11. The van der Waals surface area contributed by atoms with Crippen molar-refractivity contribution in [3.63, 3.8) is 0 Å². The minimum absolute atomic E-state index is 0.606. The molecule has 1 heterocycles. The van der Waals surface area contributed by atoms with Crippen LogP contribution in [0.25, 0.3) is 0 Å². The maximum absolute atomic E-state index is 12.5. The van der Waals surface area contributed by atoms with Crippen molar-refractivity contribution < 1.29 is 23.6 Å². The Bertz CT molecular complexity index is 463. The molecule has 0 radical (unpaired) electrons. The number of aromatic carboxylic acids is 1. The second-order valence-corrected chi connectivity index (χ2v) is 2.69. The van der Waals surface area contributed by atoms with Gasteiger partial charge in [0.05, 0.1) is 11.1 Å². The maximum atomic E-state index is 12.5. The van der Waals surface area contributed by atoms with Crippen molar-refractivity contribution in [2.75, 3.05) is 5.73 Å². The first-order valence-electron chi connectivity index (χ1n) is 3.80. The SMILES string of the molecule is Nc1cnc(C(=O)O)c(C(F)F)c1[N+](=O)[O-]. The molecule has 0 saturated carbocycles. The standard InChI is InChI=1S/C7H5F2N3O4/c8-6(9)3-4(7(13)14)11-1-2(10)5(3)12(15)16/h1,6H,10H2,(H,13,14). The summed E-state index contributed by atoms with van der Waals surface area (Å²) in [6, 6.07) is 0. The molecule has 7 nitrogen and oxygen atoms in total. The number of anilines is 1. The van der Waals surface area contributed by atoms with Crippen LogP contribution in [0.4, 0.5) is 20.2 Å².